The van der Waals surface area contributed by atoms with Crippen LogP contribution in [0.2, 0.25) is 0 Å². The molecule has 0 aliphatic heterocycles. The summed E-state index contributed by atoms with van der Waals surface area (Å²) in [6.07, 6.45) is 2.57. The van der Waals surface area contributed by atoms with Gasteiger partial charge in [0.2, 0.25) is 0 Å². The Kier molecular flexibility index (Phi) is 3.09. The molecule has 1 N–H and O–H groups in total. The van der Waals surface area contributed by atoms with Gasteiger partial charge >= 0.3 is 11.9 Å². The topological polar surface area (TPSA) is 107 Å². The van der Waals surface area contributed by atoms with Gasteiger partial charge in [0.25, 0.3) is 5.82 Å². The molecule has 2 heterocycles. The first kappa shape index (κ1) is 11.8. The van der Waals surface area contributed by atoms with Crippen LogP contribution in [-0.4, -0.2) is 38.9 Å². The van der Waals surface area contributed by atoms with Gasteiger partial charge in [-0.25, -0.2) is 19.3 Å². The first-order valence-corrected chi connectivity index (χ1v) is 4.89. The third kappa shape index (κ3) is 2.21. The van der Waals surface area contributed by atoms with Crippen LogP contribution < -0.4 is 0 Å². The van der Waals surface area contributed by atoms with Crippen molar-refractivity contribution in [3.63, 3.8) is 0 Å². The Morgan fingerprint density at radius 1 is 1.56 bits per heavy atom. The smallest absolute Gasteiger partial charge is 0.377 e. The van der Waals surface area contributed by atoms with Gasteiger partial charge in [-0.3, -0.25) is 0 Å². The molecule has 8 heteroatoms. The third-order valence-electron chi connectivity index (χ3n) is 2.19. The monoisotopic (exact) mass is 251 g/mol. The molecule has 0 bridgehead atoms. The second-order valence-corrected chi connectivity index (χ2v) is 3.32. The van der Waals surface area contributed by atoms with Gasteiger partial charge in [-0.2, -0.15) is 0 Å². The van der Waals surface area contributed by atoms with Gasteiger partial charge in [0.05, 0.1) is 13.4 Å². The molecule has 18 heavy (non-hydrogen) atoms. The summed E-state index contributed by atoms with van der Waals surface area (Å²) in [5.74, 6) is -1.62. The number of hydrogen-bond donors (Lipinski definition) is 1. The average Bonchev–Trinajstić information content (AvgIpc) is 2.97. The molecule has 2 rings (SSSR count). The number of carbonyl (C=O) groups excluding carboxylic acids is 1. The summed E-state index contributed by atoms with van der Waals surface area (Å²) in [6.45, 7) is 0.0681. The number of aromatic carboxylic acids is 1. The van der Waals surface area contributed by atoms with E-state index in [-0.39, 0.29) is 23.7 Å². The summed E-state index contributed by atoms with van der Waals surface area (Å²) in [6, 6.07) is 1.34. The van der Waals surface area contributed by atoms with Gasteiger partial charge in [0.15, 0.2) is 0 Å². The van der Waals surface area contributed by atoms with E-state index in [1.54, 1.807) is 0 Å². The van der Waals surface area contributed by atoms with Gasteiger partial charge in [-0.05, 0) is 6.07 Å². The van der Waals surface area contributed by atoms with Crippen LogP contribution >= 0.6 is 0 Å². The van der Waals surface area contributed by atoms with E-state index in [1.165, 1.54) is 30.4 Å². The Labute approximate surface area is 101 Å². The predicted molar refractivity (Wildman–Crippen MR) is 56.1 cm³/mol. The SMILES string of the molecule is COC(=O)c1ncn(Cc2occc2C(=O)O)n1. The molecule has 0 saturated carbocycles. The van der Waals surface area contributed by atoms with E-state index < -0.39 is 11.9 Å². The van der Waals surface area contributed by atoms with Crippen LogP contribution in [-0.2, 0) is 11.3 Å². The highest BCUT2D eigenvalue weighted by Gasteiger charge is 2.16. The third-order valence-corrected chi connectivity index (χ3v) is 2.19. The van der Waals surface area contributed by atoms with Crippen LogP contribution in [0.25, 0.3) is 0 Å². The van der Waals surface area contributed by atoms with Gasteiger partial charge in [-0.15, -0.1) is 5.10 Å². The number of furan rings is 1. The molecule has 0 radical (unpaired) electrons. The molecule has 0 aliphatic rings. The van der Waals surface area contributed by atoms with Crippen molar-refractivity contribution in [1.29, 1.82) is 0 Å². The van der Waals surface area contributed by atoms with E-state index in [1.807, 2.05) is 0 Å². The first-order valence-electron chi connectivity index (χ1n) is 4.89. The molecule has 2 aromatic heterocycles. The number of nitrogens with zero attached hydrogens (tertiary/aromatic N) is 3. The summed E-state index contributed by atoms with van der Waals surface area (Å²) in [7, 11) is 1.22. The lowest BCUT2D eigenvalue weighted by atomic mass is 10.2. The number of carboxylic acid groups (broad SMARTS) is 1. The zero-order chi connectivity index (χ0) is 13.1. The summed E-state index contributed by atoms with van der Waals surface area (Å²) >= 11 is 0. The minimum Gasteiger partial charge on any atom is -0.478 e. The molecule has 0 amide bonds. The fraction of sp³-hybridized carbons (Fsp3) is 0.200. The van der Waals surface area contributed by atoms with Crippen LogP contribution in [0.15, 0.2) is 23.1 Å². The fourth-order valence-corrected chi connectivity index (χ4v) is 1.36. The van der Waals surface area contributed by atoms with Crippen molar-refractivity contribution in [3.05, 3.63) is 35.8 Å². The van der Waals surface area contributed by atoms with Crippen molar-refractivity contribution < 1.29 is 23.8 Å². The molecule has 0 aromatic carbocycles. The number of carbonyl (C=O) groups is 2. The number of esters is 1. The van der Waals surface area contributed by atoms with Crippen LogP contribution in [0, 0.1) is 0 Å². The number of carboxylic acids is 1. The lowest BCUT2D eigenvalue weighted by Gasteiger charge is -1.98. The number of ether oxygens (including phenoxy) is 1. The highest BCUT2D eigenvalue weighted by molar-refractivity contribution is 5.88. The van der Waals surface area contributed by atoms with E-state index in [0.717, 1.165) is 0 Å². The molecular weight excluding hydrogens is 242 g/mol. The van der Waals surface area contributed by atoms with Crippen molar-refractivity contribution in [2.45, 2.75) is 6.54 Å². The molecule has 0 fully saturated rings. The summed E-state index contributed by atoms with van der Waals surface area (Å²) in [5.41, 5.74) is 0.0464. The number of rotatable bonds is 4. The van der Waals surface area contributed by atoms with E-state index >= 15 is 0 Å². The number of hydrogen-bond acceptors (Lipinski definition) is 6. The standard InChI is InChI=1S/C10H9N3O5/c1-17-10(16)8-11-5-13(12-8)4-7-6(9(14)15)2-3-18-7/h2-3,5H,4H2,1H3,(H,14,15). The average molecular weight is 251 g/mol. The normalized spacial score (nSPS) is 10.3. The van der Waals surface area contributed by atoms with Crippen molar-refractivity contribution >= 4 is 11.9 Å². The summed E-state index contributed by atoms with van der Waals surface area (Å²) in [5, 5.41) is 12.7. The van der Waals surface area contributed by atoms with Gasteiger partial charge in [0, 0.05) is 0 Å². The molecule has 0 atom stereocenters. The lowest BCUT2D eigenvalue weighted by Crippen LogP contribution is -2.08. The molecule has 0 aliphatic carbocycles. The molecule has 2 aromatic rings. The van der Waals surface area contributed by atoms with E-state index in [4.69, 9.17) is 9.52 Å². The van der Waals surface area contributed by atoms with Gasteiger partial charge in [0.1, 0.15) is 24.2 Å². The number of methoxy groups -OCH3 is 1. The first-order chi connectivity index (χ1) is 8.61. The van der Waals surface area contributed by atoms with Crippen molar-refractivity contribution in [1.82, 2.24) is 14.8 Å². The maximum Gasteiger partial charge on any atom is 0.377 e. The molecule has 8 nitrogen and oxygen atoms in total. The lowest BCUT2D eigenvalue weighted by molar-refractivity contribution is 0.0585. The molecule has 0 unspecified atom stereocenters. The predicted octanol–water partition coefficient (Wildman–Crippen LogP) is 0.404. The van der Waals surface area contributed by atoms with E-state index in [2.05, 4.69) is 14.8 Å². The molecule has 0 spiro atoms. The van der Waals surface area contributed by atoms with Crippen LogP contribution in [0.3, 0.4) is 0 Å². The summed E-state index contributed by atoms with van der Waals surface area (Å²) < 4.78 is 10.8. The second-order valence-electron chi connectivity index (χ2n) is 3.32. The van der Waals surface area contributed by atoms with Gasteiger partial charge < -0.3 is 14.3 Å². The highest BCUT2D eigenvalue weighted by atomic mass is 16.5. The van der Waals surface area contributed by atoms with Crippen molar-refractivity contribution in [2.75, 3.05) is 7.11 Å². The van der Waals surface area contributed by atoms with Crippen LogP contribution in [0.1, 0.15) is 26.7 Å². The Morgan fingerprint density at radius 2 is 2.33 bits per heavy atom. The van der Waals surface area contributed by atoms with E-state index in [0.29, 0.717) is 0 Å². The van der Waals surface area contributed by atoms with Gasteiger partial charge in [-0.1, -0.05) is 0 Å². The Morgan fingerprint density at radius 3 is 3.00 bits per heavy atom. The maximum atomic E-state index is 11.1. The fourth-order valence-electron chi connectivity index (χ4n) is 1.36. The van der Waals surface area contributed by atoms with Crippen molar-refractivity contribution in [3.8, 4) is 0 Å². The van der Waals surface area contributed by atoms with Crippen molar-refractivity contribution in [2.24, 2.45) is 0 Å². The maximum absolute atomic E-state index is 11.1. The quantitative estimate of drug-likeness (QED) is 0.783. The second kappa shape index (κ2) is 4.70. The zero-order valence-corrected chi connectivity index (χ0v) is 9.36. The minimum absolute atomic E-state index is 0.0464. The largest absolute Gasteiger partial charge is 0.478 e. The Balaban J connectivity index is 2.19. The molecular formula is C10H9N3O5. The Bertz CT molecular complexity index is 586. The molecule has 0 saturated heterocycles. The van der Waals surface area contributed by atoms with E-state index in [9.17, 15) is 9.59 Å². The summed E-state index contributed by atoms with van der Waals surface area (Å²) in [4.78, 5) is 25.7. The highest BCUT2D eigenvalue weighted by Crippen LogP contribution is 2.11. The van der Waals surface area contributed by atoms with Crippen LogP contribution in [0.4, 0.5) is 0 Å². The zero-order valence-electron chi connectivity index (χ0n) is 9.36. The van der Waals surface area contributed by atoms with Crippen LogP contribution in [0.5, 0.6) is 0 Å². The number of aromatic nitrogens is 3. The Hall–Kier alpha value is -2.64. The minimum atomic E-state index is -1.09. The molecule has 94 valence electrons.